The van der Waals surface area contributed by atoms with E-state index in [-0.39, 0.29) is 22.7 Å². The third-order valence-electron chi connectivity index (χ3n) is 6.39. The molecule has 1 unspecified atom stereocenters. The second-order valence-electron chi connectivity index (χ2n) is 8.33. The zero-order chi connectivity index (χ0) is 26.1. The highest BCUT2D eigenvalue weighted by molar-refractivity contribution is 6.14. The zero-order valence-electron chi connectivity index (χ0n) is 20.1. The standard InChI is InChI=1S/C29H22N4O4/c1-36-28(34)24-23(17-10-4-3-5-11-17)20(16-30)27(31)33(26(24)29(35)37-2)25-18-12-6-8-14-21(18)32-22-15-9-7-13-19(22)25/h3-15,23H,31H2,1-2H3. The lowest BCUT2D eigenvalue weighted by atomic mass is 9.80. The predicted octanol–water partition coefficient (Wildman–Crippen LogP) is 4.29. The number of nitrogens with zero attached hydrogens (tertiary/aromatic N) is 3. The fraction of sp³-hybridized carbons (Fsp3) is 0.103. The molecule has 2 heterocycles. The molecule has 2 N–H and O–H groups in total. The summed E-state index contributed by atoms with van der Waals surface area (Å²) in [6.45, 7) is 0. The van der Waals surface area contributed by atoms with Gasteiger partial charge in [0.2, 0.25) is 0 Å². The molecule has 37 heavy (non-hydrogen) atoms. The molecular formula is C29H22N4O4. The molecule has 1 aromatic heterocycles. The number of rotatable bonds is 4. The van der Waals surface area contributed by atoms with Crippen LogP contribution in [-0.4, -0.2) is 31.1 Å². The quantitative estimate of drug-likeness (QED) is 0.333. The molecule has 1 aliphatic rings. The largest absolute Gasteiger partial charge is 0.466 e. The number of esters is 2. The van der Waals surface area contributed by atoms with Crippen LogP contribution in [0.25, 0.3) is 21.8 Å². The van der Waals surface area contributed by atoms with Crippen molar-refractivity contribution in [1.82, 2.24) is 4.98 Å². The molecule has 1 atom stereocenters. The van der Waals surface area contributed by atoms with Crippen molar-refractivity contribution in [1.29, 1.82) is 5.26 Å². The number of carbonyl (C=O) groups is 2. The van der Waals surface area contributed by atoms with Gasteiger partial charge in [0.05, 0.1) is 54.1 Å². The van der Waals surface area contributed by atoms with Crippen LogP contribution in [0.5, 0.6) is 0 Å². The van der Waals surface area contributed by atoms with Gasteiger partial charge in [0.25, 0.3) is 0 Å². The van der Waals surface area contributed by atoms with Gasteiger partial charge >= 0.3 is 11.9 Å². The van der Waals surface area contributed by atoms with Crippen molar-refractivity contribution in [3.63, 3.8) is 0 Å². The minimum atomic E-state index is -0.941. The van der Waals surface area contributed by atoms with E-state index in [0.29, 0.717) is 33.1 Å². The number of nitrogens with two attached hydrogens (primary N) is 1. The summed E-state index contributed by atoms with van der Waals surface area (Å²) in [7, 11) is 2.45. The second-order valence-corrected chi connectivity index (χ2v) is 8.33. The molecule has 0 saturated carbocycles. The van der Waals surface area contributed by atoms with Crippen LogP contribution in [0.4, 0.5) is 5.69 Å². The van der Waals surface area contributed by atoms with Crippen molar-refractivity contribution < 1.29 is 19.1 Å². The molecule has 1 aliphatic heterocycles. The van der Waals surface area contributed by atoms with Crippen LogP contribution >= 0.6 is 0 Å². The number of aromatic nitrogens is 1. The predicted molar refractivity (Wildman–Crippen MR) is 139 cm³/mol. The summed E-state index contributed by atoms with van der Waals surface area (Å²) in [5.74, 6) is -2.51. The molecule has 0 saturated heterocycles. The highest BCUT2D eigenvalue weighted by Gasteiger charge is 2.43. The summed E-state index contributed by atoms with van der Waals surface area (Å²) in [6.07, 6.45) is 0. The average Bonchev–Trinajstić information content (AvgIpc) is 2.95. The van der Waals surface area contributed by atoms with Crippen molar-refractivity contribution in [2.24, 2.45) is 5.73 Å². The van der Waals surface area contributed by atoms with Gasteiger partial charge < -0.3 is 15.2 Å². The minimum absolute atomic E-state index is 0.00547. The van der Waals surface area contributed by atoms with Gasteiger partial charge in [-0.15, -0.1) is 0 Å². The number of carbonyl (C=O) groups excluding carboxylic acids is 2. The van der Waals surface area contributed by atoms with Gasteiger partial charge in [-0.25, -0.2) is 14.6 Å². The Morgan fingerprint density at radius 3 is 1.95 bits per heavy atom. The molecule has 0 spiro atoms. The first-order valence-corrected chi connectivity index (χ1v) is 11.4. The molecule has 4 aromatic rings. The van der Waals surface area contributed by atoms with Crippen LogP contribution in [0.1, 0.15) is 11.5 Å². The minimum Gasteiger partial charge on any atom is -0.466 e. The first-order valence-electron chi connectivity index (χ1n) is 11.4. The number of pyridine rings is 1. The van der Waals surface area contributed by atoms with Gasteiger partial charge in [0.1, 0.15) is 11.5 Å². The van der Waals surface area contributed by atoms with E-state index in [4.69, 9.17) is 20.2 Å². The second kappa shape index (κ2) is 9.47. The van der Waals surface area contributed by atoms with Crippen molar-refractivity contribution in [2.45, 2.75) is 5.92 Å². The third kappa shape index (κ3) is 3.74. The van der Waals surface area contributed by atoms with Crippen molar-refractivity contribution >= 4 is 39.4 Å². The van der Waals surface area contributed by atoms with E-state index in [1.807, 2.05) is 54.6 Å². The van der Waals surface area contributed by atoms with Crippen LogP contribution in [0.3, 0.4) is 0 Å². The highest BCUT2D eigenvalue weighted by atomic mass is 16.5. The molecular weight excluding hydrogens is 468 g/mol. The third-order valence-corrected chi connectivity index (χ3v) is 6.39. The van der Waals surface area contributed by atoms with Gasteiger partial charge in [-0.3, -0.25) is 4.90 Å². The molecule has 0 amide bonds. The fourth-order valence-electron chi connectivity index (χ4n) is 4.80. The van der Waals surface area contributed by atoms with E-state index >= 15 is 0 Å². The molecule has 5 rings (SSSR count). The number of benzene rings is 3. The van der Waals surface area contributed by atoms with Crippen molar-refractivity contribution in [2.75, 3.05) is 19.1 Å². The highest BCUT2D eigenvalue weighted by Crippen LogP contribution is 2.46. The summed E-state index contributed by atoms with van der Waals surface area (Å²) in [4.78, 5) is 33.0. The topological polar surface area (TPSA) is 119 Å². The van der Waals surface area contributed by atoms with E-state index < -0.39 is 17.9 Å². The van der Waals surface area contributed by atoms with E-state index in [0.717, 1.165) is 0 Å². The first-order chi connectivity index (χ1) is 18.0. The lowest BCUT2D eigenvalue weighted by Crippen LogP contribution is -2.41. The lowest BCUT2D eigenvalue weighted by molar-refractivity contribution is -0.139. The summed E-state index contributed by atoms with van der Waals surface area (Å²) in [6, 6.07) is 25.9. The average molecular weight is 491 g/mol. The molecule has 182 valence electrons. The van der Waals surface area contributed by atoms with Crippen LogP contribution < -0.4 is 10.6 Å². The Morgan fingerprint density at radius 2 is 1.41 bits per heavy atom. The smallest absolute Gasteiger partial charge is 0.355 e. The number of methoxy groups -OCH3 is 2. The van der Waals surface area contributed by atoms with Gasteiger partial charge in [-0.1, -0.05) is 66.7 Å². The van der Waals surface area contributed by atoms with Crippen LogP contribution in [0, 0.1) is 11.3 Å². The maximum absolute atomic E-state index is 13.5. The SMILES string of the molecule is COC(=O)C1=C(C(=O)OC)N(c2c3ccccc3nc3ccccc23)C(N)=C(C#N)C1c1ccccc1. The van der Waals surface area contributed by atoms with E-state index in [1.165, 1.54) is 19.1 Å². The molecule has 0 radical (unpaired) electrons. The Labute approximate surface area is 212 Å². The van der Waals surface area contributed by atoms with Gasteiger partial charge in [0, 0.05) is 10.8 Å². The normalized spacial score (nSPS) is 15.6. The summed E-state index contributed by atoms with van der Waals surface area (Å²) < 4.78 is 10.3. The molecule has 8 nitrogen and oxygen atoms in total. The number of ether oxygens (including phenoxy) is 2. The number of para-hydroxylation sites is 2. The Bertz CT molecular complexity index is 1610. The Hall–Kier alpha value is -5.16. The number of fused-ring (bicyclic) bond motifs is 2. The van der Waals surface area contributed by atoms with Gasteiger partial charge in [0.15, 0.2) is 0 Å². The van der Waals surface area contributed by atoms with Crippen LogP contribution in [0.2, 0.25) is 0 Å². The van der Waals surface area contributed by atoms with E-state index in [2.05, 4.69) is 6.07 Å². The monoisotopic (exact) mass is 490 g/mol. The lowest BCUT2D eigenvalue weighted by Gasteiger charge is -2.36. The van der Waals surface area contributed by atoms with Crippen LogP contribution in [-0.2, 0) is 19.1 Å². The molecule has 0 aliphatic carbocycles. The summed E-state index contributed by atoms with van der Waals surface area (Å²) in [5, 5.41) is 11.7. The Kier molecular flexibility index (Phi) is 6.04. The number of allylic oxidation sites excluding steroid dienone is 1. The van der Waals surface area contributed by atoms with Crippen molar-refractivity contribution in [3.05, 3.63) is 107 Å². The zero-order valence-corrected chi connectivity index (χ0v) is 20.1. The summed E-state index contributed by atoms with van der Waals surface area (Å²) in [5.41, 5.74) is 9.07. The first kappa shape index (κ1) is 23.6. The van der Waals surface area contributed by atoms with E-state index in [1.54, 1.807) is 24.3 Å². The molecule has 0 bridgehead atoms. The number of nitriles is 1. The van der Waals surface area contributed by atoms with Crippen molar-refractivity contribution in [3.8, 4) is 6.07 Å². The molecule has 0 fully saturated rings. The Morgan fingerprint density at radius 1 is 0.865 bits per heavy atom. The molecule has 3 aromatic carbocycles. The number of hydrogen-bond donors (Lipinski definition) is 1. The maximum atomic E-state index is 13.5. The number of anilines is 1. The fourth-order valence-corrected chi connectivity index (χ4v) is 4.80. The number of hydrogen-bond acceptors (Lipinski definition) is 8. The van der Waals surface area contributed by atoms with Crippen LogP contribution in [0.15, 0.2) is 102 Å². The van der Waals surface area contributed by atoms with Gasteiger partial charge in [-0.2, -0.15) is 5.26 Å². The molecule has 8 heteroatoms. The maximum Gasteiger partial charge on any atom is 0.355 e. The Balaban J connectivity index is 1.97. The summed E-state index contributed by atoms with van der Waals surface area (Å²) >= 11 is 0. The van der Waals surface area contributed by atoms with E-state index in [9.17, 15) is 14.9 Å². The van der Waals surface area contributed by atoms with Gasteiger partial charge in [-0.05, 0) is 17.7 Å².